The van der Waals surface area contributed by atoms with Crippen molar-refractivity contribution in [3.05, 3.63) is 29.3 Å². The van der Waals surface area contributed by atoms with Gasteiger partial charge in [-0.2, -0.15) is 0 Å². The van der Waals surface area contributed by atoms with Gasteiger partial charge >= 0.3 is 0 Å². The van der Waals surface area contributed by atoms with Crippen molar-refractivity contribution in [2.24, 2.45) is 5.92 Å². The summed E-state index contributed by atoms with van der Waals surface area (Å²) in [4.78, 5) is 0. The summed E-state index contributed by atoms with van der Waals surface area (Å²) in [5, 5.41) is 14.0. The molecule has 0 aliphatic heterocycles. The minimum atomic E-state index is -0.163. The molecule has 2 atom stereocenters. The first-order chi connectivity index (χ1) is 8.67. The monoisotopic (exact) mass is 267 g/mol. The zero-order valence-corrected chi connectivity index (χ0v) is 11.7. The Morgan fingerprint density at radius 3 is 3.00 bits per heavy atom. The molecule has 2 nitrogen and oxygen atoms in total. The minimum absolute atomic E-state index is 0.163. The van der Waals surface area contributed by atoms with Crippen LogP contribution in [-0.4, -0.2) is 17.3 Å². The van der Waals surface area contributed by atoms with Gasteiger partial charge in [-0.15, -0.1) is 0 Å². The summed E-state index contributed by atoms with van der Waals surface area (Å²) >= 11 is 6.00. The SMILES string of the molecule is CCC1CCCC(CO)(Nc2cccc(Cl)c2)C1. The van der Waals surface area contributed by atoms with Gasteiger partial charge in [-0.05, 0) is 37.0 Å². The molecule has 0 heterocycles. The van der Waals surface area contributed by atoms with Crippen LogP contribution >= 0.6 is 11.6 Å². The number of benzene rings is 1. The van der Waals surface area contributed by atoms with Crippen molar-refractivity contribution >= 4 is 17.3 Å². The molecule has 0 saturated heterocycles. The number of aliphatic hydroxyl groups is 1. The van der Waals surface area contributed by atoms with Crippen LogP contribution in [-0.2, 0) is 0 Å². The normalized spacial score (nSPS) is 28.1. The molecular formula is C15H22ClNO. The molecule has 2 N–H and O–H groups in total. The van der Waals surface area contributed by atoms with Crippen molar-refractivity contribution in [3.63, 3.8) is 0 Å². The molecule has 2 rings (SSSR count). The Kier molecular flexibility index (Phi) is 4.52. The second kappa shape index (κ2) is 5.94. The van der Waals surface area contributed by atoms with Gasteiger partial charge in [0, 0.05) is 10.7 Å². The Morgan fingerprint density at radius 2 is 2.33 bits per heavy atom. The molecular weight excluding hydrogens is 246 g/mol. The highest BCUT2D eigenvalue weighted by atomic mass is 35.5. The van der Waals surface area contributed by atoms with Crippen LogP contribution in [0.5, 0.6) is 0 Å². The average molecular weight is 268 g/mol. The van der Waals surface area contributed by atoms with Crippen molar-refractivity contribution in [2.45, 2.75) is 44.6 Å². The molecule has 0 bridgehead atoms. The highest BCUT2D eigenvalue weighted by Crippen LogP contribution is 2.36. The fourth-order valence-corrected chi connectivity index (χ4v) is 3.19. The molecule has 18 heavy (non-hydrogen) atoms. The van der Waals surface area contributed by atoms with E-state index in [1.165, 1.54) is 19.3 Å². The molecule has 3 heteroatoms. The molecule has 0 aromatic heterocycles. The number of halogens is 1. The number of hydrogen-bond donors (Lipinski definition) is 2. The van der Waals surface area contributed by atoms with Crippen molar-refractivity contribution in [2.75, 3.05) is 11.9 Å². The summed E-state index contributed by atoms with van der Waals surface area (Å²) in [7, 11) is 0. The molecule has 1 aliphatic carbocycles. The molecule has 1 aromatic carbocycles. The highest BCUT2D eigenvalue weighted by Gasteiger charge is 2.35. The first-order valence-corrected chi connectivity index (χ1v) is 7.20. The molecule has 0 spiro atoms. The number of anilines is 1. The van der Waals surface area contributed by atoms with Gasteiger partial charge in [-0.1, -0.05) is 43.9 Å². The first-order valence-electron chi connectivity index (χ1n) is 6.82. The van der Waals surface area contributed by atoms with E-state index >= 15 is 0 Å². The zero-order chi connectivity index (χ0) is 13.0. The third kappa shape index (κ3) is 3.18. The molecule has 1 aromatic rings. The molecule has 1 saturated carbocycles. The molecule has 2 unspecified atom stereocenters. The topological polar surface area (TPSA) is 32.3 Å². The van der Waals surface area contributed by atoms with E-state index in [-0.39, 0.29) is 12.1 Å². The van der Waals surface area contributed by atoms with E-state index in [4.69, 9.17) is 11.6 Å². The predicted octanol–water partition coefficient (Wildman–Crippen LogP) is 4.08. The summed E-state index contributed by atoms with van der Waals surface area (Å²) in [5.74, 6) is 0.720. The smallest absolute Gasteiger partial charge is 0.0661 e. The van der Waals surface area contributed by atoms with E-state index in [0.29, 0.717) is 0 Å². The third-order valence-electron chi connectivity index (χ3n) is 4.06. The maximum absolute atomic E-state index is 9.79. The van der Waals surface area contributed by atoms with Crippen LogP contribution in [0.15, 0.2) is 24.3 Å². The fourth-order valence-electron chi connectivity index (χ4n) is 3.00. The van der Waals surface area contributed by atoms with Gasteiger partial charge in [0.05, 0.1) is 12.1 Å². The van der Waals surface area contributed by atoms with E-state index in [0.717, 1.165) is 29.5 Å². The van der Waals surface area contributed by atoms with Crippen molar-refractivity contribution in [1.82, 2.24) is 0 Å². The fraction of sp³-hybridized carbons (Fsp3) is 0.600. The molecule has 1 aliphatic rings. The number of aliphatic hydroxyl groups excluding tert-OH is 1. The summed E-state index contributed by atoms with van der Waals surface area (Å²) in [6.45, 7) is 2.42. The summed E-state index contributed by atoms with van der Waals surface area (Å²) < 4.78 is 0. The lowest BCUT2D eigenvalue weighted by Crippen LogP contribution is -2.46. The largest absolute Gasteiger partial charge is 0.394 e. The lowest BCUT2D eigenvalue weighted by molar-refractivity contribution is 0.142. The van der Waals surface area contributed by atoms with Crippen LogP contribution in [0, 0.1) is 5.92 Å². The summed E-state index contributed by atoms with van der Waals surface area (Å²) in [6.07, 6.45) is 5.75. The van der Waals surface area contributed by atoms with Gasteiger partial charge < -0.3 is 10.4 Å². The number of hydrogen-bond acceptors (Lipinski definition) is 2. The average Bonchev–Trinajstić information content (AvgIpc) is 2.39. The molecule has 100 valence electrons. The Labute approximate surface area is 114 Å². The summed E-state index contributed by atoms with van der Waals surface area (Å²) in [6, 6.07) is 7.75. The minimum Gasteiger partial charge on any atom is -0.394 e. The zero-order valence-electron chi connectivity index (χ0n) is 11.0. The van der Waals surface area contributed by atoms with E-state index < -0.39 is 0 Å². The Balaban J connectivity index is 2.12. The van der Waals surface area contributed by atoms with E-state index in [1.807, 2.05) is 24.3 Å². The van der Waals surface area contributed by atoms with Crippen LogP contribution in [0.3, 0.4) is 0 Å². The van der Waals surface area contributed by atoms with Gasteiger partial charge in [-0.25, -0.2) is 0 Å². The van der Waals surface area contributed by atoms with Crippen LogP contribution in [0.25, 0.3) is 0 Å². The van der Waals surface area contributed by atoms with E-state index in [9.17, 15) is 5.11 Å². The summed E-state index contributed by atoms with van der Waals surface area (Å²) in [5.41, 5.74) is 0.845. The third-order valence-corrected chi connectivity index (χ3v) is 4.30. The standard InChI is InChI=1S/C15H22ClNO/c1-2-12-5-4-8-15(10-12,11-18)17-14-7-3-6-13(16)9-14/h3,6-7,9,12,17-18H,2,4-5,8,10-11H2,1H3. The van der Waals surface area contributed by atoms with Gasteiger partial charge in [0.1, 0.15) is 0 Å². The van der Waals surface area contributed by atoms with Gasteiger partial charge in [0.2, 0.25) is 0 Å². The second-order valence-corrected chi connectivity index (χ2v) is 5.88. The van der Waals surface area contributed by atoms with Crippen LogP contribution in [0.4, 0.5) is 5.69 Å². The highest BCUT2D eigenvalue weighted by molar-refractivity contribution is 6.30. The van der Waals surface area contributed by atoms with E-state index in [1.54, 1.807) is 0 Å². The number of rotatable bonds is 4. The Morgan fingerprint density at radius 1 is 1.50 bits per heavy atom. The quantitative estimate of drug-likeness (QED) is 0.861. The Bertz CT molecular complexity index is 396. The van der Waals surface area contributed by atoms with Crippen molar-refractivity contribution in [1.29, 1.82) is 0 Å². The maximum Gasteiger partial charge on any atom is 0.0661 e. The second-order valence-electron chi connectivity index (χ2n) is 5.44. The lowest BCUT2D eigenvalue weighted by Gasteiger charge is -2.41. The number of nitrogens with one attached hydrogen (secondary N) is 1. The van der Waals surface area contributed by atoms with Gasteiger partial charge in [0.15, 0.2) is 0 Å². The van der Waals surface area contributed by atoms with Crippen LogP contribution in [0.1, 0.15) is 39.0 Å². The first kappa shape index (κ1) is 13.7. The Hall–Kier alpha value is -0.730. The van der Waals surface area contributed by atoms with E-state index in [2.05, 4.69) is 12.2 Å². The molecule has 0 amide bonds. The van der Waals surface area contributed by atoms with Crippen LogP contribution in [0.2, 0.25) is 5.02 Å². The molecule has 0 radical (unpaired) electrons. The predicted molar refractivity (Wildman–Crippen MR) is 77.1 cm³/mol. The lowest BCUT2D eigenvalue weighted by atomic mass is 9.75. The van der Waals surface area contributed by atoms with Crippen molar-refractivity contribution in [3.8, 4) is 0 Å². The van der Waals surface area contributed by atoms with Gasteiger partial charge in [0.25, 0.3) is 0 Å². The molecule has 1 fully saturated rings. The van der Waals surface area contributed by atoms with Gasteiger partial charge in [-0.3, -0.25) is 0 Å². The maximum atomic E-state index is 9.79. The van der Waals surface area contributed by atoms with Crippen LogP contribution < -0.4 is 5.32 Å². The van der Waals surface area contributed by atoms with Crippen molar-refractivity contribution < 1.29 is 5.11 Å².